The molecule has 0 unspecified atom stereocenters. The molecule has 1 atom stereocenters. The van der Waals surface area contributed by atoms with Gasteiger partial charge in [-0.15, -0.1) is 0 Å². The van der Waals surface area contributed by atoms with Crippen LogP contribution in [0.3, 0.4) is 0 Å². The highest BCUT2D eigenvalue weighted by Crippen LogP contribution is 2.20. The molecule has 0 radical (unpaired) electrons. The molecule has 0 amide bonds. The molecular weight excluding hydrogens is 238 g/mol. The van der Waals surface area contributed by atoms with Crippen LogP contribution in [-0.4, -0.2) is 23.7 Å². The van der Waals surface area contributed by atoms with E-state index in [2.05, 4.69) is 6.92 Å². The van der Waals surface area contributed by atoms with E-state index in [-0.39, 0.29) is 0 Å². The van der Waals surface area contributed by atoms with Gasteiger partial charge in [-0.3, -0.25) is 0 Å². The molecule has 0 aliphatic carbocycles. The second-order valence-electron chi connectivity index (χ2n) is 4.04. The van der Waals surface area contributed by atoms with Gasteiger partial charge in [-0.25, -0.2) is 4.79 Å². The summed E-state index contributed by atoms with van der Waals surface area (Å²) in [6.45, 7) is 4.53. The molecule has 3 nitrogen and oxygen atoms in total. The molecule has 0 bridgehead atoms. The summed E-state index contributed by atoms with van der Waals surface area (Å²) in [5.74, 6) is -0.809. The van der Waals surface area contributed by atoms with Crippen LogP contribution in [0.1, 0.15) is 26.7 Å². The van der Waals surface area contributed by atoms with Crippen LogP contribution in [0.2, 0.25) is 5.02 Å². The first-order valence-electron chi connectivity index (χ1n) is 5.81. The zero-order valence-electron chi connectivity index (χ0n) is 10.2. The van der Waals surface area contributed by atoms with E-state index in [0.717, 1.165) is 25.1 Å². The molecule has 0 saturated heterocycles. The second-order valence-corrected chi connectivity index (χ2v) is 4.47. The van der Waals surface area contributed by atoms with E-state index in [0.29, 0.717) is 5.02 Å². The quantitative estimate of drug-likeness (QED) is 0.847. The van der Waals surface area contributed by atoms with Crippen molar-refractivity contribution in [1.82, 2.24) is 0 Å². The summed E-state index contributed by atoms with van der Waals surface area (Å²) < 4.78 is 0. The van der Waals surface area contributed by atoms with Gasteiger partial charge in [0, 0.05) is 17.3 Å². The van der Waals surface area contributed by atoms with Crippen LogP contribution >= 0.6 is 11.6 Å². The normalized spacial score (nSPS) is 12.2. The molecule has 94 valence electrons. The van der Waals surface area contributed by atoms with Crippen molar-refractivity contribution in [3.63, 3.8) is 0 Å². The number of halogens is 1. The van der Waals surface area contributed by atoms with Gasteiger partial charge in [0.05, 0.1) is 0 Å². The molecule has 0 spiro atoms. The minimum Gasteiger partial charge on any atom is -0.480 e. The smallest absolute Gasteiger partial charge is 0.326 e. The predicted octanol–water partition coefficient (Wildman–Crippen LogP) is 3.42. The highest BCUT2D eigenvalue weighted by Gasteiger charge is 2.20. The molecule has 4 heteroatoms. The number of hydrogen-bond donors (Lipinski definition) is 1. The average molecular weight is 256 g/mol. The molecular formula is C13H18ClNO2. The third-order valence-corrected chi connectivity index (χ3v) is 2.99. The van der Waals surface area contributed by atoms with Crippen molar-refractivity contribution in [3.05, 3.63) is 29.3 Å². The highest BCUT2D eigenvalue weighted by atomic mass is 35.5. The van der Waals surface area contributed by atoms with E-state index in [1.165, 1.54) is 0 Å². The topological polar surface area (TPSA) is 40.5 Å². The van der Waals surface area contributed by atoms with Crippen molar-refractivity contribution in [2.24, 2.45) is 0 Å². The van der Waals surface area contributed by atoms with Gasteiger partial charge >= 0.3 is 5.97 Å². The Balaban J connectivity index is 2.88. The number of anilines is 1. The monoisotopic (exact) mass is 255 g/mol. The minimum absolute atomic E-state index is 0.525. The lowest BCUT2D eigenvalue weighted by Gasteiger charge is -2.28. The van der Waals surface area contributed by atoms with Gasteiger partial charge in [0.25, 0.3) is 0 Å². The predicted molar refractivity (Wildman–Crippen MR) is 70.8 cm³/mol. The molecule has 1 rings (SSSR count). The van der Waals surface area contributed by atoms with E-state index in [9.17, 15) is 4.79 Å². The van der Waals surface area contributed by atoms with Gasteiger partial charge in [0.15, 0.2) is 0 Å². The van der Waals surface area contributed by atoms with Crippen molar-refractivity contribution in [3.8, 4) is 0 Å². The molecule has 0 heterocycles. The largest absolute Gasteiger partial charge is 0.480 e. The van der Waals surface area contributed by atoms with Crippen molar-refractivity contribution in [1.29, 1.82) is 0 Å². The zero-order chi connectivity index (χ0) is 12.8. The lowest BCUT2D eigenvalue weighted by Crippen LogP contribution is -2.39. The molecule has 17 heavy (non-hydrogen) atoms. The van der Waals surface area contributed by atoms with Gasteiger partial charge in [-0.2, -0.15) is 0 Å². The van der Waals surface area contributed by atoms with Crippen molar-refractivity contribution in [2.45, 2.75) is 32.7 Å². The van der Waals surface area contributed by atoms with E-state index < -0.39 is 12.0 Å². The zero-order valence-corrected chi connectivity index (χ0v) is 10.9. The fourth-order valence-corrected chi connectivity index (χ4v) is 1.77. The summed E-state index contributed by atoms with van der Waals surface area (Å²) in [5, 5.41) is 9.76. The van der Waals surface area contributed by atoms with Gasteiger partial charge in [0.2, 0.25) is 0 Å². The standard InChI is InChI=1S/C13H18ClNO2/c1-3-4-9-15(10(2)13(16)17)12-7-5-11(14)6-8-12/h5-8,10H,3-4,9H2,1-2H3,(H,16,17)/t10-/m0/s1. The number of carbonyl (C=O) groups is 1. The molecule has 0 saturated carbocycles. The third-order valence-electron chi connectivity index (χ3n) is 2.74. The SMILES string of the molecule is CCCCN(c1ccc(Cl)cc1)[C@@H](C)C(=O)O. The van der Waals surface area contributed by atoms with E-state index >= 15 is 0 Å². The van der Waals surface area contributed by atoms with Crippen molar-refractivity contribution >= 4 is 23.3 Å². The number of nitrogens with zero attached hydrogens (tertiary/aromatic N) is 1. The maximum Gasteiger partial charge on any atom is 0.326 e. The molecule has 1 N–H and O–H groups in total. The van der Waals surface area contributed by atoms with Crippen LogP contribution in [0.25, 0.3) is 0 Å². The summed E-state index contributed by atoms with van der Waals surface area (Å²) in [4.78, 5) is 13.0. The van der Waals surface area contributed by atoms with Crippen LogP contribution in [0.5, 0.6) is 0 Å². The summed E-state index contributed by atoms with van der Waals surface area (Å²) in [5.41, 5.74) is 0.901. The number of carboxylic acids is 1. The first kappa shape index (κ1) is 13.8. The first-order valence-corrected chi connectivity index (χ1v) is 6.19. The molecule has 0 aromatic heterocycles. The Hall–Kier alpha value is -1.22. The molecule has 1 aromatic rings. The Kier molecular flexibility index (Phi) is 5.29. The molecule has 0 aliphatic rings. The lowest BCUT2D eigenvalue weighted by molar-refractivity contribution is -0.138. The summed E-state index contributed by atoms with van der Waals surface area (Å²) in [7, 11) is 0. The Morgan fingerprint density at radius 1 is 1.41 bits per heavy atom. The lowest BCUT2D eigenvalue weighted by atomic mass is 10.2. The first-order chi connectivity index (χ1) is 8.06. The maximum absolute atomic E-state index is 11.1. The maximum atomic E-state index is 11.1. The van der Waals surface area contributed by atoms with Crippen molar-refractivity contribution < 1.29 is 9.90 Å². The Bertz CT molecular complexity index is 364. The molecule has 0 fully saturated rings. The van der Waals surface area contributed by atoms with Gasteiger partial charge in [0.1, 0.15) is 6.04 Å². The van der Waals surface area contributed by atoms with Gasteiger partial charge in [-0.05, 0) is 37.6 Å². The van der Waals surface area contributed by atoms with Crippen LogP contribution in [0.15, 0.2) is 24.3 Å². The fourth-order valence-electron chi connectivity index (χ4n) is 1.64. The number of hydrogen-bond acceptors (Lipinski definition) is 2. The molecule has 0 aliphatic heterocycles. The van der Waals surface area contributed by atoms with Crippen LogP contribution in [0, 0.1) is 0 Å². The third kappa shape index (κ3) is 3.93. The van der Waals surface area contributed by atoms with Gasteiger partial charge in [-0.1, -0.05) is 24.9 Å². The summed E-state index contributed by atoms with van der Waals surface area (Å²) in [6.07, 6.45) is 2.01. The highest BCUT2D eigenvalue weighted by molar-refractivity contribution is 6.30. The molecule has 1 aromatic carbocycles. The van der Waals surface area contributed by atoms with Crippen LogP contribution in [0.4, 0.5) is 5.69 Å². The summed E-state index contributed by atoms with van der Waals surface area (Å²) >= 11 is 5.83. The number of benzene rings is 1. The number of unbranched alkanes of at least 4 members (excludes halogenated alkanes) is 1. The number of carboxylic acid groups (broad SMARTS) is 1. The Labute approximate surface area is 107 Å². The van der Waals surface area contributed by atoms with E-state index in [4.69, 9.17) is 16.7 Å². The van der Waals surface area contributed by atoms with Crippen molar-refractivity contribution in [2.75, 3.05) is 11.4 Å². The second kappa shape index (κ2) is 6.50. The van der Waals surface area contributed by atoms with Crippen LogP contribution < -0.4 is 4.90 Å². The van der Waals surface area contributed by atoms with Gasteiger partial charge < -0.3 is 10.0 Å². The van der Waals surface area contributed by atoms with E-state index in [1.54, 1.807) is 19.1 Å². The van der Waals surface area contributed by atoms with Crippen LogP contribution in [-0.2, 0) is 4.79 Å². The fraction of sp³-hybridized carbons (Fsp3) is 0.462. The average Bonchev–Trinajstić information content (AvgIpc) is 2.31. The number of rotatable bonds is 6. The number of aliphatic carboxylic acids is 1. The minimum atomic E-state index is -0.809. The Morgan fingerprint density at radius 3 is 2.47 bits per heavy atom. The summed E-state index contributed by atoms with van der Waals surface area (Å²) in [6, 6.07) is 6.76. The Morgan fingerprint density at radius 2 is 2.00 bits per heavy atom. The van der Waals surface area contributed by atoms with E-state index in [1.807, 2.05) is 17.0 Å².